The van der Waals surface area contributed by atoms with Crippen molar-refractivity contribution < 1.29 is 9.90 Å². The van der Waals surface area contributed by atoms with Gasteiger partial charge in [-0.15, -0.1) is 0 Å². The van der Waals surface area contributed by atoms with Gasteiger partial charge in [0.1, 0.15) is 0 Å². The Bertz CT molecular complexity index is 668. The molecule has 0 heterocycles. The molecule has 1 amide bonds. The van der Waals surface area contributed by atoms with Gasteiger partial charge in [0.05, 0.1) is 6.61 Å². The van der Waals surface area contributed by atoms with Gasteiger partial charge in [-0.1, -0.05) is 41.9 Å². The van der Waals surface area contributed by atoms with E-state index in [9.17, 15) is 4.79 Å². The van der Waals surface area contributed by atoms with Crippen molar-refractivity contribution in [3.8, 4) is 0 Å². The lowest BCUT2D eigenvalue weighted by Crippen LogP contribution is -2.31. The van der Waals surface area contributed by atoms with Gasteiger partial charge in [0.15, 0.2) is 0 Å². The molecular weight excluding hydrogens is 298 g/mol. The van der Waals surface area contributed by atoms with Crippen molar-refractivity contribution in [2.75, 3.05) is 18.1 Å². The molecule has 0 fully saturated rings. The zero-order chi connectivity index (χ0) is 15.9. The molecule has 114 valence electrons. The Hall–Kier alpha value is -2.10. The van der Waals surface area contributed by atoms with Gasteiger partial charge in [-0.05, 0) is 42.3 Å². The predicted molar refractivity (Wildman–Crippen MR) is 91.1 cm³/mol. The van der Waals surface area contributed by atoms with E-state index in [1.54, 1.807) is 6.08 Å². The van der Waals surface area contributed by atoms with Crippen molar-refractivity contribution in [1.82, 2.24) is 0 Å². The first kappa shape index (κ1) is 16.3. The van der Waals surface area contributed by atoms with Crippen molar-refractivity contribution in [2.45, 2.75) is 6.92 Å². The van der Waals surface area contributed by atoms with E-state index in [1.807, 2.05) is 55.5 Å². The van der Waals surface area contributed by atoms with Crippen LogP contribution in [-0.2, 0) is 4.79 Å². The molecule has 0 aliphatic carbocycles. The van der Waals surface area contributed by atoms with Crippen LogP contribution in [0.15, 0.2) is 54.6 Å². The van der Waals surface area contributed by atoms with E-state index >= 15 is 0 Å². The Morgan fingerprint density at radius 2 is 1.95 bits per heavy atom. The van der Waals surface area contributed by atoms with Gasteiger partial charge in [0.25, 0.3) is 5.91 Å². The van der Waals surface area contributed by atoms with Gasteiger partial charge in [-0.25, -0.2) is 0 Å². The van der Waals surface area contributed by atoms with E-state index in [-0.39, 0.29) is 19.1 Å². The molecule has 0 unspecified atom stereocenters. The molecule has 0 atom stereocenters. The number of aliphatic hydroxyl groups is 1. The Kier molecular flexibility index (Phi) is 5.75. The van der Waals surface area contributed by atoms with Crippen LogP contribution in [0, 0.1) is 6.92 Å². The van der Waals surface area contributed by atoms with Gasteiger partial charge in [0.2, 0.25) is 0 Å². The van der Waals surface area contributed by atoms with Crippen molar-refractivity contribution in [3.63, 3.8) is 0 Å². The number of aryl methyl sites for hydroxylation is 1. The van der Waals surface area contributed by atoms with Crippen LogP contribution in [0.25, 0.3) is 6.08 Å². The van der Waals surface area contributed by atoms with Crippen molar-refractivity contribution in [2.24, 2.45) is 0 Å². The molecule has 22 heavy (non-hydrogen) atoms. The van der Waals surface area contributed by atoms with Crippen LogP contribution in [0.2, 0.25) is 5.02 Å². The third-order valence-electron chi connectivity index (χ3n) is 3.27. The molecule has 2 aromatic carbocycles. The Balaban J connectivity index is 2.17. The molecule has 0 spiro atoms. The number of halogens is 1. The normalized spacial score (nSPS) is 10.9. The average Bonchev–Trinajstić information content (AvgIpc) is 2.54. The second kappa shape index (κ2) is 7.78. The number of anilines is 1. The summed E-state index contributed by atoms with van der Waals surface area (Å²) >= 11 is 6.08. The molecule has 3 nitrogen and oxygen atoms in total. The fourth-order valence-electron chi connectivity index (χ4n) is 2.04. The minimum atomic E-state index is -0.183. The summed E-state index contributed by atoms with van der Waals surface area (Å²) in [5, 5.41) is 9.83. The number of amides is 1. The van der Waals surface area contributed by atoms with Gasteiger partial charge in [-0.3, -0.25) is 4.79 Å². The number of benzene rings is 2. The summed E-state index contributed by atoms with van der Waals surface area (Å²) in [6, 6.07) is 14.9. The quantitative estimate of drug-likeness (QED) is 0.855. The minimum Gasteiger partial charge on any atom is -0.395 e. The highest BCUT2D eigenvalue weighted by Crippen LogP contribution is 2.18. The highest BCUT2D eigenvalue weighted by molar-refractivity contribution is 6.31. The van der Waals surface area contributed by atoms with Crippen molar-refractivity contribution >= 4 is 29.3 Å². The van der Waals surface area contributed by atoms with Crippen LogP contribution in [0.1, 0.15) is 11.1 Å². The highest BCUT2D eigenvalue weighted by atomic mass is 35.5. The monoisotopic (exact) mass is 315 g/mol. The maximum Gasteiger partial charge on any atom is 0.251 e. The lowest BCUT2D eigenvalue weighted by atomic mass is 10.1. The molecule has 2 aromatic rings. The molecule has 0 aliphatic rings. The zero-order valence-corrected chi connectivity index (χ0v) is 13.1. The van der Waals surface area contributed by atoms with E-state index in [2.05, 4.69) is 0 Å². The highest BCUT2D eigenvalue weighted by Gasteiger charge is 2.11. The van der Waals surface area contributed by atoms with Gasteiger partial charge < -0.3 is 10.0 Å². The van der Waals surface area contributed by atoms with E-state index < -0.39 is 0 Å². The average molecular weight is 316 g/mol. The van der Waals surface area contributed by atoms with Gasteiger partial charge in [0, 0.05) is 23.3 Å². The third kappa shape index (κ3) is 4.20. The number of nitrogens with zero attached hydrogens (tertiary/aromatic N) is 1. The van der Waals surface area contributed by atoms with E-state index in [1.165, 1.54) is 11.0 Å². The number of carbonyl (C=O) groups is 1. The molecule has 4 heteroatoms. The molecule has 0 aromatic heterocycles. The zero-order valence-electron chi connectivity index (χ0n) is 12.4. The molecular formula is C18H18ClNO2. The van der Waals surface area contributed by atoms with Gasteiger partial charge >= 0.3 is 0 Å². The number of hydrogen-bond donors (Lipinski definition) is 1. The van der Waals surface area contributed by atoms with Crippen molar-refractivity contribution in [3.05, 3.63) is 70.8 Å². The minimum absolute atomic E-state index is 0.0924. The number of rotatable bonds is 5. The second-order valence-corrected chi connectivity index (χ2v) is 5.30. The number of carbonyl (C=O) groups excluding carboxylic acids is 1. The largest absolute Gasteiger partial charge is 0.395 e. The molecule has 1 N–H and O–H groups in total. The Morgan fingerprint density at radius 3 is 2.59 bits per heavy atom. The van der Waals surface area contributed by atoms with Crippen LogP contribution >= 0.6 is 11.6 Å². The first-order valence-electron chi connectivity index (χ1n) is 7.03. The molecule has 0 saturated heterocycles. The second-order valence-electron chi connectivity index (χ2n) is 4.89. The lowest BCUT2D eigenvalue weighted by Gasteiger charge is -2.20. The number of aliphatic hydroxyl groups excluding tert-OH is 1. The third-order valence-corrected chi connectivity index (χ3v) is 3.68. The SMILES string of the molecule is Cc1ccc(/C=C/C(=O)N(CCO)c2ccccc2)cc1Cl. The summed E-state index contributed by atoms with van der Waals surface area (Å²) < 4.78 is 0. The molecule has 2 rings (SSSR count). The summed E-state index contributed by atoms with van der Waals surface area (Å²) in [4.78, 5) is 13.9. The first-order valence-corrected chi connectivity index (χ1v) is 7.41. The number of hydrogen-bond acceptors (Lipinski definition) is 2. The van der Waals surface area contributed by atoms with Crippen LogP contribution < -0.4 is 4.90 Å². The fraction of sp³-hybridized carbons (Fsp3) is 0.167. The fourth-order valence-corrected chi connectivity index (χ4v) is 2.23. The van der Waals surface area contributed by atoms with Crippen molar-refractivity contribution in [1.29, 1.82) is 0 Å². The number of para-hydroxylation sites is 1. The van der Waals surface area contributed by atoms with E-state index in [0.717, 1.165) is 16.8 Å². The predicted octanol–water partition coefficient (Wildman–Crippen LogP) is 3.69. The van der Waals surface area contributed by atoms with E-state index in [4.69, 9.17) is 16.7 Å². The standard InChI is InChI=1S/C18H18ClNO2/c1-14-7-8-15(13-17(14)19)9-10-18(22)20(11-12-21)16-5-3-2-4-6-16/h2-10,13,21H,11-12H2,1H3/b10-9+. The van der Waals surface area contributed by atoms with Gasteiger partial charge in [-0.2, -0.15) is 0 Å². The molecule has 0 saturated carbocycles. The summed E-state index contributed by atoms with van der Waals surface area (Å²) in [5.41, 5.74) is 2.62. The first-order chi connectivity index (χ1) is 10.6. The van der Waals surface area contributed by atoms with Crippen LogP contribution in [0.5, 0.6) is 0 Å². The van der Waals surface area contributed by atoms with E-state index in [0.29, 0.717) is 5.02 Å². The Labute approximate surface area is 135 Å². The topological polar surface area (TPSA) is 40.5 Å². The maximum atomic E-state index is 12.4. The summed E-state index contributed by atoms with van der Waals surface area (Å²) in [6.07, 6.45) is 3.21. The lowest BCUT2D eigenvalue weighted by molar-refractivity contribution is -0.114. The molecule has 0 bridgehead atoms. The van der Waals surface area contributed by atoms with Crippen LogP contribution in [0.4, 0.5) is 5.69 Å². The summed E-state index contributed by atoms with van der Waals surface area (Å²) in [7, 11) is 0. The molecule has 0 aliphatic heterocycles. The maximum absolute atomic E-state index is 12.4. The molecule has 0 radical (unpaired) electrons. The van der Waals surface area contributed by atoms with Crippen LogP contribution in [-0.4, -0.2) is 24.2 Å². The summed E-state index contributed by atoms with van der Waals surface area (Å²) in [6.45, 7) is 2.09. The van der Waals surface area contributed by atoms with Crippen LogP contribution in [0.3, 0.4) is 0 Å². The Morgan fingerprint density at radius 1 is 1.23 bits per heavy atom. The summed E-state index contributed by atoms with van der Waals surface area (Å²) in [5.74, 6) is -0.183. The smallest absolute Gasteiger partial charge is 0.251 e.